The summed E-state index contributed by atoms with van der Waals surface area (Å²) in [4.78, 5) is 26.6. The van der Waals surface area contributed by atoms with Crippen molar-refractivity contribution in [1.82, 2.24) is 10.2 Å². The smallest absolute Gasteiger partial charge is 0.245 e. The maximum atomic E-state index is 12.8. The first-order valence-electron chi connectivity index (χ1n) is 7.97. The van der Waals surface area contributed by atoms with Gasteiger partial charge < -0.3 is 10.2 Å². The van der Waals surface area contributed by atoms with Crippen LogP contribution in [0.2, 0.25) is 0 Å². The topological polar surface area (TPSA) is 49.4 Å². The van der Waals surface area contributed by atoms with Crippen molar-refractivity contribution in [1.29, 1.82) is 0 Å². The molecule has 1 atom stereocenters. The molecule has 0 aromatic carbocycles. The molecule has 0 spiro atoms. The Hall–Kier alpha value is -1.06. The number of nitrogens with zero attached hydrogens (tertiary/aromatic N) is 1. The second kappa shape index (κ2) is 4.72. The summed E-state index contributed by atoms with van der Waals surface area (Å²) in [6.45, 7) is 16.4. The molecule has 21 heavy (non-hydrogen) atoms. The second-order valence-electron chi connectivity index (χ2n) is 8.90. The molecule has 2 fully saturated rings. The average Bonchev–Trinajstić information content (AvgIpc) is 2.76. The van der Waals surface area contributed by atoms with Gasteiger partial charge in [0.25, 0.3) is 0 Å². The first-order chi connectivity index (χ1) is 9.39. The molecule has 0 radical (unpaired) electrons. The van der Waals surface area contributed by atoms with Gasteiger partial charge in [-0.1, -0.05) is 48.5 Å². The molecular weight excluding hydrogens is 264 g/mol. The molecule has 1 unspecified atom stereocenters. The standard InChI is InChI=1S/C17H30N2O2/c1-15(2,3)13-14(21)19(9-8-12(20)18-13)10-11-16(4,5)17(11,6)7/h11,13H,8-10H2,1-7H3,(H,18,20). The normalized spacial score (nSPS) is 29.1. The van der Waals surface area contributed by atoms with Crippen LogP contribution in [0, 0.1) is 22.2 Å². The van der Waals surface area contributed by atoms with Gasteiger partial charge in [-0.05, 0) is 22.2 Å². The van der Waals surface area contributed by atoms with Crippen molar-refractivity contribution in [2.75, 3.05) is 13.1 Å². The average molecular weight is 294 g/mol. The summed E-state index contributed by atoms with van der Waals surface area (Å²) in [5.41, 5.74) is 0.256. The Bertz CT molecular complexity index is 446. The van der Waals surface area contributed by atoms with Gasteiger partial charge in [-0.25, -0.2) is 0 Å². The maximum Gasteiger partial charge on any atom is 0.245 e. The fourth-order valence-corrected chi connectivity index (χ4v) is 3.60. The van der Waals surface area contributed by atoms with Crippen molar-refractivity contribution in [2.45, 2.75) is 60.9 Å². The van der Waals surface area contributed by atoms with Crippen molar-refractivity contribution in [2.24, 2.45) is 22.2 Å². The number of carbonyl (C=O) groups is 2. The Balaban J connectivity index is 2.16. The van der Waals surface area contributed by atoms with E-state index in [-0.39, 0.29) is 28.1 Å². The third-order valence-corrected chi connectivity index (χ3v) is 6.06. The van der Waals surface area contributed by atoms with E-state index in [9.17, 15) is 9.59 Å². The van der Waals surface area contributed by atoms with E-state index in [4.69, 9.17) is 0 Å². The Labute approximate surface area is 128 Å². The number of amides is 2. The van der Waals surface area contributed by atoms with Crippen LogP contribution in [-0.2, 0) is 9.59 Å². The van der Waals surface area contributed by atoms with Crippen molar-refractivity contribution >= 4 is 11.8 Å². The van der Waals surface area contributed by atoms with E-state index in [0.717, 1.165) is 6.54 Å². The molecule has 2 amide bonds. The SMILES string of the molecule is CC(C)(C)C1NC(=O)CCN(CC2C(C)(C)C2(C)C)C1=O. The molecular formula is C17H30N2O2. The van der Waals surface area contributed by atoms with E-state index in [1.54, 1.807) is 0 Å². The molecule has 1 heterocycles. The molecule has 4 nitrogen and oxygen atoms in total. The zero-order valence-corrected chi connectivity index (χ0v) is 14.5. The first-order valence-corrected chi connectivity index (χ1v) is 7.97. The zero-order chi connectivity index (χ0) is 16.2. The van der Waals surface area contributed by atoms with Crippen LogP contribution in [-0.4, -0.2) is 35.8 Å². The molecule has 120 valence electrons. The van der Waals surface area contributed by atoms with Crippen molar-refractivity contribution < 1.29 is 9.59 Å². The highest BCUT2D eigenvalue weighted by atomic mass is 16.2. The largest absolute Gasteiger partial charge is 0.344 e. The van der Waals surface area contributed by atoms with Gasteiger partial charge in [0.1, 0.15) is 6.04 Å². The van der Waals surface area contributed by atoms with Gasteiger partial charge in [-0.3, -0.25) is 9.59 Å². The van der Waals surface area contributed by atoms with Gasteiger partial charge in [0.15, 0.2) is 0 Å². The third kappa shape index (κ3) is 2.69. The van der Waals surface area contributed by atoms with Crippen molar-refractivity contribution in [3.8, 4) is 0 Å². The van der Waals surface area contributed by atoms with Crippen LogP contribution in [0.1, 0.15) is 54.9 Å². The number of rotatable bonds is 2. The minimum atomic E-state index is -0.419. The van der Waals surface area contributed by atoms with Gasteiger partial charge in [-0.2, -0.15) is 0 Å². The third-order valence-electron chi connectivity index (χ3n) is 6.06. The van der Waals surface area contributed by atoms with Crippen LogP contribution in [0.5, 0.6) is 0 Å². The lowest BCUT2D eigenvalue weighted by Gasteiger charge is -2.32. The first kappa shape index (κ1) is 16.3. The molecule has 2 rings (SSSR count). The van der Waals surface area contributed by atoms with Gasteiger partial charge >= 0.3 is 0 Å². The molecule has 0 aromatic heterocycles. The predicted octanol–water partition coefficient (Wildman–Crippen LogP) is 2.43. The van der Waals surface area contributed by atoms with E-state index in [1.165, 1.54) is 0 Å². The molecule has 1 saturated heterocycles. The van der Waals surface area contributed by atoms with E-state index in [0.29, 0.717) is 18.9 Å². The number of hydrogen-bond donors (Lipinski definition) is 1. The van der Waals surface area contributed by atoms with Crippen LogP contribution in [0.3, 0.4) is 0 Å². The fourth-order valence-electron chi connectivity index (χ4n) is 3.60. The predicted molar refractivity (Wildman–Crippen MR) is 83.6 cm³/mol. The molecule has 1 N–H and O–H groups in total. The van der Waals surface area contributed by atoms with Crippen LogP contribution in [0.25, 0.3) is 0 Å². The number of hydrogen-bond acceptors (Lipinski definition) is 2. The summed E-state index contributed by atoms with van der Waals surface area (Å²) in [7, 11) is 0. The molecule has 0 aromatic rings. The lowest BCUT2D eigenvalue weighted by atomic mass is 9.86. The Kier molecular flexibility index (Phi) is 3.67. The molecule has 1 aliphatic carbocycles. The van der Waals surface area contributed by atoms with Gasteiger partial charge in [0.2, 0.25) is 11.8 Å². The Morgan fingerprint density at radius 2 is 1.67 bits per heavy atom. The molecule has 4 heteroatoms. The molecule has 1 aliphatic heterocycles. The molecule has 2 aliphatic rings. The van der Waals surface area contributed by atoms with E-state index in [2.05, 4.69) is 33.0 Å². The maximum absolute atomic E-state index is 12.8. The van der Waals surface area contributed by atoms with Crippen LogP contribution >= 0.6 is 0 Å². The summed E-state index contributed by atoms with van der Waals surface area (Å²) in [5, 5.41) is 2.90. The summed E-state index contributed by atoms with van der Waals surface area (Å²) < 4.78 is 0. The van der Waals surface area contributed by atoms with Crippen molar-refractivity contribution in [3.63, 3.8) is 0 Å². The lowest BCUT2D eigenvalue weighted by Crippen LogP contribution is -2.52. The summed E-state index contributed by atoms with van der Waals surface area (Å²) in [6.07, 6.45) is 0.409. The highest BCUT2D eigenvalue weighted by Gasteiger charge is 2.65. The minimum Gasteiger partial charge on any atom is -0.344 e. The number of nitrogens with one attached hydrogen (secondary N) is 1. The molecule has 1 saturated carbocycles. The second-order valence-corrected chi connectivity index (χ2v) is 8.90. The van der Waals surface area contributed by atoms with E-state index >= 15 is 0 Å². The van der Waals surface area contributed by atoms with Gasteiger partial charge in [0.05, 0.1) is 0 Å². The van der Waals surface area contributed by atoms with Crippen LogP contribution < -0.4 is 5.32 Å². The summed E-state index contributed by atoms with van der Waals surface area (Å²) in [5.74, 6) is 0.565. The Morgan fingerprint density at radius 1 is 1.14 bits per heavy atom. The van der Waals surface area contributed by atoms with Crippen molar-refractivity contribution in [3.05, 3.63) is 0 Å². The summed E-state index contributed by atoms with van der Waals surface area (Å²) >= 11 is 0. The number of carbonyl (C=O) groups excluding carboxylic acids is 2. The highest BCUT2D eigenvalue weighted by molar-refractivity contribution is 5.90. The van der Waals surface area contributed by atoms with Crippen LogP contribution in [0.4, 0.5) is 0 Å². The van der Waals surface area contributed by atoms with Crippen LogP contribution in [0.15, 0.2) is 0 Å². The van der Waals surface area contributed by atoms with E-state index in [1.807, 2.05) is 25.7 Å². The Morgan fingerprint density at radius 3 is 2.10 bits per heavy atom. The minimum absolute atomic E-state index is 0.0138. The van der Waals surface area contributed by atoms with Gasteiger partial charge in [0, 0.05) is 19.5 Å². The highest BCUT2D eigenvalue weighted by Crippen LogP contribution is 2.68. The zero-order valence-electron chi connectivity index (χ0n) is 14.5. The molecule has 0 bridgehead atoms. The van der Waals surface area contributed by atoms with Gasteiger partial charge in [-0.15, -0.1) is 0 Å². The monoisotopic (exact) mass is 294 g/mol. The van der Waals surface area contributed by atoms with E-state index < -0.39 is 6.04 Å². The fraction of sp³-hybridized carbons (Fsp3) is 0.882. The lowest BCUT2D eigenvalue weighted by molar-refractivity contribution is -0.136. The quantitative estimate of drug-likeness (QED) is 0.850. The summed E-state index contributed by atoms with van der Waals surface area (Å²) in [6, 6.07) is -0.419.